The lowest BCUT2D eigenvalue weighted by Gasteiger charge is -2.43. The minimum atomic E-state index is -1.45. The molecule has 0 aromatic heterocycles. The van der Waals surface area contributed by atoms with E-state index in [4.69, 9.17) is 0 Å². The molecule has 0 bridgehead atoms. The van der Waals surface area contributed by atoms with Crippen molar-refractivity contribution in [3.05, 3.63) is 94.1 Å². The summed E-state index contributed by atoms with van der Waals surface area (Å²) in [6.45, 7) is -0.0248. The molecule has 8 atom stereocenters. The number of carboxylic acid groups (broad SMARTS) is 1. The Morgan fingerprint density at radius 3 is 1.55 bits per heavy atom. The number of carboxylic acids is 1. The Balaban J connectivity index is 2.10. The molecule has 2 aliphatic carbocycles. The summed E-state index contributed by atoms with van der Waals surface area (Å²) >= 11 is 0. The molecule has 0 saturated carbocycles. The summed E-state index contributed by atoms with van der Waals surface area (Å²) in [6, 6.07) is -2.13. The van der Waals surface area contributed by atoms with Crippen LogP contribution < -0.4 is 116 Å². The number of nitrogens with one attached hydrogen (secondary N) is 20. The van der Waals surface area contributed by atoms with E-state index in [0.717, 1.165) is 0 Å². The molecule has 4 rings (SSSR count). The van der Waals surface area contributed by atoms with E-state index < -0.39 is 109 Å². The molecule has 470 valence electrons. The van der Waals surface area contributed by atoms with Crippen molar-refractivity contribution in [3.8, 4) is 0 Å². The Hall–Kier alpha value is -10.1. The lowest BCUT2D eigenvalue weighted by Crippen LogP contribution is -2.73. The Kier molecular flexibility index (Phi) is 26.5. The number of hydrogen-bond donors (Lipinski definition) is 20. The molecule has 33 heteroatoms. The lowest BCUT2D eigenvalue weighted by molar-refractivity contribution is -0.546. The molecule has 8 unspecified atom stereocenters. The molecule has 0 saturated heterocycles. The number of amides is 18. The third-order valence-electron chi connectivity index (χ3n) is 14.1. The minimum Gasteiger partial charge on any atom is -0.545 e. The van der Waals surface area contributed by atoms with E-state index in [9.17, 15) is 53.1 Å². The van der Waals surface area contributed by atoms with Gasteiger partial charge in [-0.3, -0.25) is 5.32 Å². The highest BCUT2D eigenvalue weighted by molar-refractivity contribution is 6.07. The number of hydrogen-bond acceptors (Lipinski definition) is 14. The fourth-order valence-electron chi connectivity index (χ4n) is 9.65. The van der Waals surface area contributed by atoms with Crippen LogP contribution >= 0.6 is 0 Å². The van der Waals surface area contributed by atoms with Crippen LogP contribution in [0.4, 0.5) is 48.8 Å². The molecule has 0 heterocycles. The first-order chi connectivity index (χ1) is 41.1. The Labute approximate surface area is 498 Å². The largest absolute Gasteiger partial charge is 0.545 e. The maximum absolute atomic E-state index is 13.6. The van der Waals surface area contributed by atoms with Crippen molar-refractivity contribution >= 4 is 77.2 Å². The maximum Gasteiger partial charge on any atom is 0.319 e. The van der Waals surface area contributed by atoms with Crippen molar-refractivity contribution in [1.82, 2.24) is 106 Å². The molecule has 33 nitrogen and oxygen atoms in total. The van der Waals surface area contributed by atoms with Crippen LogP contribution in [0.15, 0.2) is 71.8 Å². The van der Waals surface area contributed by atoms with E-state index in [1.54, 1.807) is 79.2 Å². The van der Waals surface area contributed by atoms with Crippen LogP contribution in [-0.2, 0) is 6.42 Å². The van der Waals surface area contributed by atoms with Crippen molar-refractivity contribution in [1.29, 1.82) is 0 Å². The van der Waals surface area contributed by atoms with E-state index in [2.05, 4.69) is 106 Å². The number of rotatable bonds is 25. The van der Waals surface area contributed by atoms with Gasteiger partial charge in [-0.2, -0.15) is 0 Å². The number of allylic oxidation sites excluding steroid dienone is 5. The minimum absolute atomic E-state index is 0.0278. The number of carbonyl (C=O) groups is 10. The van der Waals surface area contributed by atoms with Gasteiger partial charge in [-0.15, -0.1) is 0 Å². The van der Waals surface area contributed by atoms with Crippen LogP contribution in [0.2, 0.25) is 0 Å². The van der Waals surface area contributed by atoms with E-state index in [1.807, 2.05) is 6.07 Å². The quantitative estimate of drug-likeness (QED) is 0.0253. The number of urea groups is 9. The number of anilines is 1. The molecule has 0 aliphatic heterocycles. The molecule has 2 aromatic rings. The van der Waals surface area contributed by atoms with E-state index in [1.165, 1.54) is 69.5 Å². The predicted molar refractivity (Wildman–Crippen MR) is 319 cm³/mol. The molecule has 0 radical (unpaired) electrons. The maximum atomic E-state index is 13.6. The fourth-order valence-corrected chi connectivity index (χ4v) is 9.65. The van der Waals surface area contributed by atoms with Crippen molar-refractivity contribution < 1.29 is 57.6 Å². The second-order valence-electron chi connectivity index (χ2n) is 19.2. The number of carbonyl (C=O) groups excluding carboxylic acids is 10. The number of likely N-dealkylation sites (N-methyl/N-ethyl adjacent to an activating group) is 2. The van der Waals surface area contributed by atoms with Crippen molar-refractivity contribution in [3.63, 3.8) is 0 Å². The molecule has 18 amide bonds. The Morgan fingerprint density at radius 1 is 0.535 bits per heavy atom. The molecule has 0 fully saturated rings. The van der Waals surface area contributed by atoms with Crippen molar-refractivity contribution in [2.24, 2.45) is 0 Å². The number of benzene rings is 2. The van der Waals surface area contributed by atoms with Gasteiger partial charge in [0.2, 0.25) is 5.71 Å². The molecule has 2 aliphatic rings. The number of fused-ring (bicyclic) bond motifs is 2. The summed E-state index contributed by atoms with van der Waals surface area (Å²) in [5, 5.41) is 66.9. The first-order valence-corrected chi connectivity index (χ1v) is 27.2. The number of aromatic carboxylic acids is 1. The topological polar surface area (TPSA) is 441 Å². The van der Waals surface area contributed by atoms with Gasteiger partial charge in [0.1, 0.15) is 19.3 Å². The van der Waals surface area contributed by atoms with Crippen molar-refractivity contribution in [2.45, 2.75) is 55.0 Å². The average molecular weight is 1200 g/mol. The van der Waals surface area contributed by atoms with E-state index in [-0.39, 0.29) is 31.7 Å². The highest BCUT2D eigenvalue weighted by Crippen LogP contribution is 2.43. The molecule has 20 N–H and O–H groups in total. The van der Waals surface area contributed by atoms with Gasteiger partial charge in [0.05, 0.1) is 36.2 Å². The molecule has 2 aromatic carbocycles. The normalized spacial score (nSPS) is 15.4. The summed E-state index contributed by atoms with van der Waals surface area (Å²) in [7, 11) is 17.3. The third kappa shape index (κ3) is 18.2. The lowest BCUT2D eigenvalue weighted by atomic mass is 9.76. The Morgan fingerprint density at radius 2 is 1.01 bits per heavy atom. The van der Waals surface area contributed by atoms with Gasteiger partial charge in [-0.1, -0.05) is 30.3 Å². The van der Waals surface area contributed by atoms with Gasteiger partial charge >= 0.3 is 54.3 Å². The monoisotopic (exact) mass is 1200 g/mol. The zero-order valence-corrected chi connectivity index (χ0v) is 50.1. The summed E-state index contributed by atoms with van der Waals surface area (Å²) in [6.07, 6.45) is 2.82. The first kappa shape index (κ1) is 68.4. The van der Waals surface area contributed by atoms with Crippen LogP contribution in [-0.4, -0.2) is 223 Å². The van der Waals surface area contributed by atoms with Crippen LogP contribution in [0.25, 0.3) is 5.57 Å². The van der Waals surface area contributed by atoms with Gasteiger partial charge in [0, 0.05) is 114 Å². The average Bonchev–Trinajstić information content (AvgIpc) is 1.01. The smallest absolute Gasteiger partial charge is 0.319 e. The van der Waals surface area contributed by atoms with Crippen LogP contribution in [0.3, 0.4) is 0 Å². The van der Waals surface area contributed by atoms with Gasteiger partial charge in [-0.05, 0) is 65.1 Å². The summed E-state index contributed by atoms with van der Waals surface area (Å²) in [4.78, 5) is 134. The van der Waals surface area contributed by atoms with E-state index >= 15 is 0 Å². The summed E-state index contributed by atoms with van der Waals surface area (Å²) in [5.74, 6) is -1.45. The molecular weight excluding hydrogens is 1120 g/mol. The van der Waals surface area contributed by atoms with Crippen LogP contribution in [0.5, 0.6) is 0 Å². The van der Waals surface area contributed by atoms with Gasteiger partial charge in [-0.25, -0.2) is 47.7 Å². The highest BCUT2D eigenvalue weighted by atomic mass is 16.4. The van der Waals surface area contributed by atoms with E-state index in [0.29, 0.717) is 44.8 Å². The second-order valence-corrected chi connectivity index (χ2v) is 19.2. The Bertz CT molecular complexity index is 2930. The van der Waals surface area contributed by atoms with Gasteiger partial charge in [0.25, 0.3) is 6.17 Å². The highest BCUT2D eigenvalue weighted by Gasteiger charge is 2.45. The third-order valence-corrected chi connectivity index (χ3v) is 14.1. The van der Waals surface area contributed by atoms with Crippen LogP contribution in [0, 0.1) is 0 Å². The second kappa shape index (κ2) is 33.3. The van der Waals surface area contributed by atoms with Gasteiger partial charge in [0.15, 0.2) is 0 Å². The zero-order valence-electron chi connectivity index (χ0n) is 50.1. The molecule has 0 spiro atoms. The first-order valence-electron chi connectivity index (χ1n) is 27.2. The van der Waals surface area contributed by atoms with Crippen molar-refractivity contribution in [2.75, 3.05) is 109 Å². The van der Waals surface area contributed by atoms with Gasteiger partial charge < -0.3 is 116 Å². The SMILES string of the molecule is CNCNCC(NC(=O)NC)C(NC(=O)NC)C(NC(=O)NC)C(NC(=O)NC)N(C)c1ccc2c(c1)CC1=C/C(=[N+](\C)C(NC(=O)NC)C(NC(=O)NC)C(NC(=O)NC)C(CNC(=O)NC)NC(=O)NC)C=CC1=C2c1ccccc1C(=O)[O-]. The fraction of sp³-hybridized carbons (Fsp3) is 0.453. The standard InChI is InChI=1S/C53H82N22O11/c1-54-26-64-24-35(66-46(79)56-3)38(68-48(81)58-5)40(70-50(83)60-7)42(72-52(85)62-9)74(11)29-17-19-31-27(22-29)21-28-23-30(18-20-32(28)37(31)33-15-13-14-16-34(33)44(76)77)75(12)43(73-53(86)63-10)41(71-51(84)61-8)39(69-49(82)59-6)36(67-47(80)57-4)25-65-45(78)55-2/h13-20,22-23,35-36,38-43,54,64H,21,24-26H2,1-12H3,(H18-,55,56,57,58,59,60,61,62,63,65,66,67,68,69,70,71,72,73,76,77,78,79,80,81,82,83,84,85,86). The van der Waals surface area contributed by atoms with Crippen LogP contribution in [0.1, 0.15) is 27.0 Å². The summed E-state index contributed by atoms with van der Waals surface area (Å²) < 4.78 is 1.60. The number of nitrogens with zero attached hydrogens (tertiary/aromatic N) is 2. The summed E-state index contributed by atoms with van der Waals surface area (Å²) in [5.41, 5.74) is 3.90. The zero-order chi connectivity index (χ0) is 63.8. The molecule has 86 heavy (non-hydrogen) atoms. The molecular formula is C53H82N22O11. The predicted octanol–water partition coefficient (Wildman–Crippen LogP) is -4.58.